The molecule has 0 amide bonds. The van der Waals surface area contributed by atoms with Crippen molar-refractivity contribution in [3.63, 3.8) is 0 Å². The van der Waals surface area contributed by atoms with Crippen LogP contribution in [0, 0.1) is 22.7 Å². The number of nitrogens with one attached hydrogen (secondary N) is 1. The molecule has 0 saturated heterocycles. The van der Waals surface area contributed by atoms with Crippen molar-refractivity contribution in [1.29, 1.82) is 10.5 Å². The summed E-state index contributed by atoms with van der Waals surface area (Å²) in [7, 11) is 0. The average Bonchev–Trinajstić information content (AvgIpc) is 2.46. The van der Waals surface area contributed by atoms with Crippen molar-refractivity contribution in [3.05, 3.63) is 59.5 Å². The molecule has 1 aliphatic heterocycles. The highest BCUT2D eigenvalue weighted by Gasteiger charge is 2.15. The highest BCUT2D eigenvalue weighted by molar-refractivity contribution is 5.65. The van der Waals surface area contributed by atoms with E-state index in [1.807, 2.05) is 56.5 Å². The van der Waals surface area contributed by atoms with Crippen LogP contribution in [0.2, 0.25) is 0 Å². The predicted octanol–water partition coefficient (Wildman–Crippen LogP) is 1.35. The second-order valence-electron chi connectivity index (χ2n) is 4.52. The molecule has 21 heavy (non-hydrogen) atoms. The second-order valence-corrected chi connectivity index (χ2v) is 4.52. The lowest BCUT2D eigenvalue weighted by atomic mass is 10.0. The van der Waals surface area contributed by atoms with Crippen molar-refractivity contribution < 1.29 is 4.99 Å². The van der Waals surface area contributed by atoms with Gasteiger partial charge in [-0.2, -0.15) is 10.5 Å². The Bertz CT molecular complexity index is 593. The molecule has 0 aromatic rings. The van der Waals surface area contributed by atoms with Crippen LogP contribution in [0.15, 0.2) is 59.5 Å². The molecule has 0 radical (unpaired) electrons. The van der Waals surface area contributed by atoms with E-state index in [4.69, 9.17) is 10.5 Å². The van der Waals surface area contributed by atoms with Crippen LogP contribution in [0.5, 0.6) is 0 Å². The van der Waals surface area contributed by atoms with E-state index < -0.39 is 0 Å². The van der Waals surface area contributed by atoms with Gasteiger partial charge >= 0.3 is 0 Å². The van der Waals surface area contributed by atoms with E-state index >= 15 is 0 Å². The first-order chi connectivity index (χ1) is 10.1. The number of allylic oxidation sites excluding steroid dienone is 9. The maximum Gasteiger partial charge on any atom is 0.161 e. The monoisotopic (exact) mass is 279 g/mol. The highest BCUT2D eigenvalue weighted by Crippen LogP contribution is 2.23. The lowest BCUT2D eigenvalue weighted by Gasteiger charge is -2.28. The molecule has 0 aromatic heterocycles. The topological polar surface area (TPSA) is 64.8 Å². The molecule has 1 heterocycles. The number of nitriles is 2. The van der Waals surface area contributed by atoms with Gasteiger partial charge in [-0.15, -0.1) is 0 Å². The maximum atomic E-state index is 8.93. The van der Waals surface area contributed by atoms with E-state index in [0.717, 1.165) is 24.5 Å². The van der Waals surface area contributed by atoms with Crippen LogP contribution < -0.4 is 4.99 Å². The van der Waals surface area contributed by atoms with Crippen molar-refractivity contribution in [2.24, 2.45) is 0 Å². The standard InChI is InChI=1S/C17H18N4/c1-4-5-6-7-20-8-9-21-14(2)10-16(11-15(21)3)17(12-18)13-19/h4-7,10-11H,1,8-9H2,2-3H3/p+1/b6-5-,20-7?. The zero-order valence-corrected chi connectivity index (χ0v) is 12.4. The van der Waals surface area contributed by atoms with Gasteiger partial charge in [-0.3, -0.25) is 0 Å². The lowest BCUT2D eigenvalue weighted by Crippen LogP contribution is -2.70. The number of hydrogen-bond acceptors (Lipinski definition) is 3. The largest absolute Gasteiger partial charge is 0.343 e. The molecule has 4 heteroatoms. The van der Waals surface area contributed by atoms with Crippen LogP contribution >= 0.6 is 0 Å². The minimum Gasteiger partial charge on any atom is -0.343 e. The van der Waals surface area contributed by atoms with Crippen LogP contribution in [-0.2, 0) is 0 Å². The number of rotatable bonds is 5. The molecule has 1 aliphatic rings. The summed E-state index contributed by atoms with van der Waals surface area (Å²) in [4.78, 5) is 5.34. The Morgan fingerprint density at radius 3 is 2.38 bits per heavy atom. The van der Waals surface area contributed by atoms with Crippen molar-refractivity contribution in [1.82, 2.24) is 4.90 Å². The molecule has 0 atom stereocenters. The Labute approximate surface area is 126 Å². The summed E-state index contributed by atoms with van der Waals surface area (Å²) in [5.74, 6) is 0. The van der Waals surface area contributed by atoms with Crippen LogP contribution in [0.4, 0.5) is 0 Å². The van der Waals surface area contributed by atoms with E-state index in [9.17, 15) is 0 Å². The van der Waals surface area contributed by atoms with Gasteiger partial charge in [0.25, 0.3) is 0 Å². The van der Waals surface area contributed by atoms with Gasteiger partial charge in [0, 0.05) is 23.0 Å². The first kappa shape index (κ1) is 16.2. The molecular weight excluding hydrogens is 260 g/mol. The van der Waals surface area contributed by atoms with Gasteiger partial charge in [0.2, 0.25) is 0 Å². The predicted molar refractivity (Wildman–Crippen MR) is 83.7 cm³/mol. The van der Waals surface area contributed by atoms with Gasteiger partial charge in [0.15, 0.2) is 12.8 Å². The molecule has 4 nitrogen and oxygen atoms in total. The van der Waals surface area contributed by atoms with Gasteiger partial charge in [0.1, 0.15) is 17.7 Å². The van der Waals surface area contributed by atoms with E-state index in [1.165, 1.54) is 0 Å². The van der Waals surface area contributed by atoms with Crippen LogP contribution in [0.3, 0.4) is 0 Å². The summed E-state index contributed by atoms with van der Waals surface area (Å²) in [5.41, 5.74) is 2.88. The van der Waals surface area contributed by atoms with E-state index in [0.29, 0.717) is 5.57 Å². The maximum absolute atomic E-state index is 8.93. The van der Waals surface area contributed by atoms with Gasteiger partial charge in [-0.1, -0.05) is 18.7 Å². The fourth-order valence-corrected chi connectivity index (χ4v) is 2.04. The number of nitrogens with zero attached hydrogens (tertiary/aromatic N) is 3. The summed E-state index contributed by atoms with van der Waals surface area (Å²) in [5, 5.41) is 17.9. The van der Waals surface area contributed by atoms with E-state index in [1.54, 1.807) is 6.08 Å². The molecule has 0 aliphatic carbocycles. The zero-order chi connectivity index (χ0) is 15.7. The summed E-state index contributed by atoms with van der Waals surface area (Å²) < 4.78 is 0. The van der Waals surface area contributed by atoms with Crippen molar-refractivity contribution >= 4 is 6.21 Å². The normalized spacial score (nSPS) is 14.7. The first-order valence-corrected chi connectivity index (χ1v) is 6.67. The smallest absolute Gasteiger partial charge is 0.161 e. The summed E-state index contributed by atoms with van der Waals surface area (Å²) in [6, 6.07) is 3.85. The Balaban J connectivity index is 2.77. The third-order valence-corrected chi connectivity index (χ3v) is 3.03. The van der Waals surface area contributed by atoms with Gasteiger partial charge in [0.05, 0.1) is 6.54 Å². The van der Waals surface area contributed by atoms with Gasteiger partial charge < -0.3 is 4.90 Å². The Kier molecular flexibility index (Phi) is 6.44. The molecule has 1 rings (SSSR count). The lowest BCUT2D eigenvalue weighted by molar-refractivity contribution is -0.450. The minimum absolute atomic E-state index is 0.148. The molecule has 0 bridgehead atoms. The molecule has 1 N–H and O–H groups in total. The molecule has 0 fully saturated rings. The van der Waals surface area contributed by atoms with E-state index in [-0.39, 0.29) is 5.57 Å². The third-order valence-electron chi connectivity index (χ3n) is 3.03. The van der Waals surface area contributed by atoms with Crippen LogP contribution in [0.1, 0.15) is 13.8 Å². The molecule has 0 aromatic carbocycles. The molecule has 0 spiro atoms. The Morgan fingerprint density at radius 1 is 1.24 bits per heavy atom. The molecule has 0 saturated carbocycles. The highest BCUT2D eigenvalue weighted by atomic mass is 15.2. The second kappa shape index (κ2) is 8.35. The SMILES string of the molecule is C=C/C=C\C=[NH+]CCN1C(C)=CC(=C(C#N)C#N)C=C1C. The van der Waals surface area contributed by atoms with Gasteiger partial charge in [-0.25, -0.2) is 4.99 Å². The van der Waals surface area contributed by atoms with Crippen molar-refractivity contribution in [2.75, 3.05) is 13.1 Å². The van der Waals surface area contributed by atoms with Crippen LogP contribution in [-0.4, -0.2) is 24.2 Å². The fourth-order valence-electron chi connectivity index (χ4n) is 2.04. The molecule has 106 valence electrons. The van der Waals surface area contributed by atoms with E-state index in [2.05, 4.69) is 16.5 Å². The first-order valence-electron chi connectivity index (χ1n) is 6.67. The summed E-state index contributed by atoms with van der Waals surface area (Å²) in [6.07, 6.45) is 11.1. The number of hydrogen-bond donors (Lipinski definition) is 1. The zero-order valence-electron chi connectivity index (χ0n) is 12.4. The quantitative estimate of drug-likeness (QED) is 0.469. The third kappa shape index (κ3) is 4.63. The Morgan fingerprint density at radius 2 is 1.86 bits per heavy atom. The summed E-state index contributed by atoms with van der Waals surface area (Å²) in [6.45, 7) is 9.15. The van der Waals surface area contributed by atoms with Gasteiger partial charge in [-0.05, 0) is 26.0 Å². The summed E-state index contributed by atoms with van der Waals surface area (Å²) >= 11 is 0. The fraction of sp³-hybridized carbons (Fsp3) is 0.235. The van der Waals surface area contributed by atoms with Crippen LogP contribution in [0.25, 0.3) is 0 Å². The average molecular weight is 279 g/mol. The van der Waals surface area contributed by atoms with Crippen molar-refractivity contribution in [2.45, 2.75) is 13.8 Å². The molecular formula is C17H19N4+. The van der Waals surface area contributed by atoms with Crippen molar-refractivity contribution in [3.8, 4) is 12.1 Å². The molecule has 0 unspecified atom stereocenters. The Hall–Kier alpha value is -2.85. The minimum atomic E-state index is 0.148.